The van der Waals surface area contributed by atoms with Crippen molar-refractivity contribution in [1.82, 2.24) is 0 Å². The molecule has 1 N–H and O–H groups in total. The highest BCUT2D eigenvalue weighted by Crippen LogP contribution is 2.37. The first-order valence-electron chi connectivity index (χ1n) is 10.7. The van der Waals surface area contributed by atoms with E-state index in [1.165, 1.54) is 13.2 Å². The van der Waals surface area contributed by atoms with Gasteiger partial charge >= 0.3 is 0 Å². The van der Waals surface area contributed by atoms with Crippen molar-refractivity contribution >= 4 is 58.0 Å². The van der Waals surface area contributed by atoms with Crippen molar-refractivity contribution in [1.29, 1.82) is 0 Å². The Hall–Kier alpha value is -3.81. The SMILES string of the molecule is CCN(C(=O)c1ccc(NC2=C(Cl)C(=O)N(c3cc(Cl)ccc3OC)C2=O)cc1)c1ccccc1. The lowest BCUT2D eigenvalue weighted by molar-refractivity contribution is -0.120. The van der Waals surface area contributed by atoms with E-state index in [1.54, 1.807) is 41.3 Å². The second-order valence-electron chi connectivity index (χ2n) is 7.54. The van der Waals surface area contributed by atoms with Crippen LogP contribution in [0.1, 0.15) is 17.3 Å². The van der Waals surface area contributed by atoms with Crippen LogP contribution in [-0.4, -0.2) is 31.4 Å². The van der Waals surface area contributed by atoms with Crippen molar-refractivity contribution in [2.45, 2.75) is 6.92 Å². The summed E-state index contributed by atoms with van der Waals surface area (Å²) in [6.45, 7) is 2.41. The van der Waals surface area contributed by atoms with E-state index >= 15 is 0 Å². The van der Waals surface area contributed by atoms with Gasteiger partial charge in [0, 0.05) is 28.5 Å². The Bertz CT molecular complexity index is 1320. The van der Waals surface area contributed by atoms with Gasteiger partial charge in [-0.05, 0) is 61.5 Å². The van der Waals surface area contributed by atoms with Crippen LogP contribution >= 0.6 is 23.2 Å². The lowest BCUT2D eigenvalue weighted by atomic mass is 10.1. The lowest BCUT2D eigenvalue weighted by Crippen LogP contribution is -2.32. The molecule has 0 radical (unpaired) electrons. The van der Waals surface area contributed by atoms with Crippen LogP contribution in [0.4, 0.5) is 17.1 Å². The van der Waals surface area contributed by atoms with Gasteiger partial charge in [0.15, 0.2) is 0 Å². The van der Waals surface area contributed by atoms with E-state index in [9.17, 15) is 14.4 Å². The summed E-state index contributed by atoms with van der Waals surface area (Å²) in [4.78, 5) is 41.5. The molecule has 0 aliphatic carbocycles. The number of anilines is 3. The number of carbonyl (C=O) groups excluding carboxylic acids is 3. The number of para-hydroxylation sites is 1. The van der Waals surface area contributed by atoms with Crippen LogP contribution in [0.25, 0.3) is 0 Å². The Morgan fingerprint density at radius 1 is 0.971 bits per heavy atom. The van der Waals surface area contributed by atoms with Crippen LogP contribution in [0.5, 0.6) is 5.75 Å². The van der Waals surface area contributed by atoms with Crippen molar-refractivity contribution in [2.24, 2.45) is 0 Å². The molecule has 1 heterocycles. The van der Waals surface area contributed by atoms with Gasteiger partial charge < -0.3 is 15.0 Å². The normalized spacial score (nSPS) is 13.3. The number of hydrogen-bond acceptors (Lipinski definition) is 5. The molecule has 35 heavy (non-hydrogen) atoms. The first-order valence-corrected chi connectivity index (χ1v) is 11.5. The van der Waals surface area contributed by atoms with Gasteiger partial charge in [-0.1, -0.05) is 41.4 Å². The Kier molecular flexibility index (Phi) is 7.10. The number of rotatable bonds is 7. The average Bonchev–Trinajstić information content (AvgIpc) is 3.08. The maximum Gasteiger partial charge on any atom is 0.283 e. The predicted molar refractivity (Wildman–Crippen MR) is 137 cm³/mol. The summed E-state index contributed by atoms with van der Waals surface area (Å²) in [5.74, 6) is -1.22. The van der Waals surface area contributed by atoms with Crippen LogP contribution in [-0.2, 0) is 9.59 Å². The minimum atomic E-state index is -0.701. The van der Waals surface area contributed by atoms with Gasteiger partial charge in [0.1, 0.15) is 16.5 Å². The van der Waals surface area contributed by atoms with E-state index in [4.69, 9.17) is 27.9 Å². The van der Waals surface area contributed by atoms with Gasteiger partial charge in [0.2, 0.25) is 0 Å². The molecule has 0 atom stereocenters. The molecule has 178 valence electrons. The van der Waals surface area contributed by atoms with Gasteiger partial charge in [-0.15, -0.1) is 0 Å². The molecule has 0 unspecified atom stereocenters. The van der Waals surface area contributed by atoms with Crippen molar-refractivity contribution in [3.8, 4) is 5.75 Å². The van der Waals surface area contributed by atoms with Gasteiger partial charge in [-0.2, -0.15) is 0 Å². The summed E-state index contributed by atoms with van der Waals surface area (Å²) >= 11 is 12.3. The monoisotopic (exact) mass is 509 g/mol. The molecule has 9 heteroatoms. The van der Waals surface area contributed by atoms with Crippen molar-refractivity contribution in [2.75, 3.05) is 28.8 Å². The Labute approximate surface area is 212 Å². The summed E-state index contributed by atoms with van der Waals surface area (Å²) < 4.78 is 5.27. The number of halogens is 2. The van der Waals surface area contributed by atoms with Crippen molar-refractivity contribution < 1.29 is 19.1 Å². The fraction of sp³-hybridized carbons (Fsp3) is 0.115. The molecule has 0 aromatic heterocycles. The third-order valence-corrected chi connectivity index (χ3v) is 6.03. The molecule has 7 nitrogen and oxygen atoms in total. The molecule has 0 fully saturated rings. The number of amides is 3. The van der Waals surface area contributed by atoms with Gasteiger partial charge in [-0.3, -0.25) is 14.4 Å². The van der Waals surface area contributed by atoms with E-state index in [-0.39, 0.29) is 22.3 Å². The Balaban J connectivity index is 1.55. The summed E-state index contributed by atoms with van der Waals surface area (Å²) in [5.41, 5.74) is 1.86. The highest BCUT2D eigenvalue weighted by molar-refractivity contribution is 6.53. The number of imide groups is 1. The number of methoxy groups -OCH3 is 1. The third-order valence-electron chi connectivity index (χ3n) is 5.44. The summed E-state index contributed by atoms with van der Waals surface area (Å²) in [6.07, 6.45) is 0. The fourth-order valence-electron chi connectivity index (χ4n) is 3.72. The van der Waals surface area contributed by atoms with E-state index < -0.39 is 11.8 Å². The highest BCUT2D eigenvalue weighted by atomic mass is 35.5. The van der Waals surface area contributed by atoms with Crippen LogP contribution in [0.2, 0.25) is 5.02 Å². The molecule has 3 amide bonds. The number of carbonyl (C=O) groups is 3. The molecular weight excluding hydrogens is 489 g/mol. The number of ether oxygens (including phenoxy) is 1. The molecule has 3 aromatic rings. The van der Waals surface area contributed by atoms with E-state index in [2.05, 4.69) is 5.32 Å². The maximum atomic E-state index is 13.1. The Morgan fingerprint density at radius 2 is 1.66 bits per heavy atom. The molecule has 0 spiro atoms. The molecule has 1 aliphatic heterocycles. The highest BCUT2D eigenvalue weighted by Gasteiger charge is 2.40. The Morgan fingerprint density at radius 3 is 2.29 bits per heavy atom. The second-order valence-corrected chi connectivity index (χ2v) is 8.35. The van der Waals surface area contributed by atoms with E-state index in [0.717, 1.165) is 10.6 Å². The molecule has 1 aliphatic rings. The fourth-order valence-corrected chi connectivity index (χ4v) is 4.09. The van der Waals surface area contributed by atoms with Crippen LogP contribution in [0.3, 0.4) is 0 Å². The second kappa shape index (κ2) is 10.2. The first kappa shape index (κ1) is 24.3. The maximum absolute atomic E-state index is 13.1. The predicted octanol–water partition coefficient (Wildman–Crippen LogP) is 5.45. The average molecular weight is 510 g/mol. The zero-order valence-corrected chi connectivity index (χ0v) is 20.4. The quantitative estimate of drug-likeness (QED) is 0.428. The number of nitrogens with zero attached hydrogens (tertiary/aromatic N) is 2. The molecule has 4 rings (SSSR count). The smallest absolute Gasteiger partial charge is 0.283 e. The van der Waals surface area contributed by atoms with Crippen LogP contribution < -0.4 is 19.9 Å². The van der Waals surface area contributed by atoms with Crippen LogP contribution in [0, 0.1) is 0 Å². The molecule has 0 saturated heterocycles. The van der Waals surface area contributed by atoms with E-state index in [1.807, 2.05) is 37.3 Å². The largest absolute Gasteiger partial charge is 0.495 e. The molecule has 3 aromatic carbocycles. The van der Waals surface area contributed by atoms with Gasteiger partial charge in [0.25, 0.3) is 17.7 Å². The molecule has 0 bridgehead atoms. The van der Waals surface area contributed by atoms with Crippen molar-refractivity contribution in [3.05, 3.63) is 94.1 Å². The molecular formula is C26H21Cl2N3O4. The van der Waals surface area contributed by atoms with Gasteiger partial charge in [0.05, 0.1) is 12.8 Å². The number of benzene rings is 3. The van der Waals surface area contributed by atoms with Crippen molar-refractivity contribution in [3.63, 3.8) is 0 Å². The zero-order valence-electron chi connectivity index (χ0n) is 18.9. The topological polar surface area (TPSA) is 79.0 Å². The molecule has 0 saturated carbocycles. The van der Waals surface area contributed by atoms with Crippen LogP contribution in [0.15, 0.2) is 83.5 Å². The lowest BCUT2D eigenvalue weighted by Gasteiger charge is -2.21. The minimum Gasteiger partial charge on any atom is -0.495 e. The third kappa shape index (κ3) is 4.73. The zero-order chi connectivity index (χ0) is 25.1. The standard InChI is InChI=1S/C26H21Cl2N3O4/c1-3-30(19-7-5-4-6-8-19)24(32)16-9-12-18(13-10-16)29-23-22(28)25(33)31(26(23)34)20-15-17(27)11-14-21(20)35-2/h4-15,29H,3H2,1-2H3. The summed E-state index contributed by atoms with van der Waals surface area (Å²) in [6, 6.07) is 20.5. The first-order chi connectivity index (χ1) is 16.8. The summed E-state index contributed by atoms with van der Waals surface area (Å²) in [5, 5.41) is 2.96. The minimum absolute atomic E-state index is 0.0859. The van der Waals surface area contributed by atoms with Gasteiger partial charge in [-0.25, -0.2) is 4.90 Å². The number of hydrogen-bond donors (Lipinski definition) is 1. The van der Waals surface area contributed by atoms with E-state index in [0.29, 0.717) is 28.6 Å². The summed E-state index contributed by atoms with van der Waals surface area (Å²) in [7, 11) is 1.42. The number of nitrogens with one attached hydrogen (secondary N) is 1.